The van der Waals surface area contributed by atoms with Crippen LogP contribution < -0.4 is 0 Å². The van der Waals surface area contributed by atoms with Gasteiger partial charge in [-0.1, -0.05) is 26.0 Å². The number of aliphatic hydroxyl groups excluding tert-OH is 1. The van der Waals surface area contributed by atoms with E-state index in [4.69, 9.17) is 0 Å². The first kappa shape index (κ1) is 15.5. The van der Waals surface area contributed by atoms with E-state index in [1.54, 1.807) is 12.1 Å². The van der Waals surface area contributed by atoms with Gasteiger partial charge in [-0.3, -0.25) is 0 Å². The van der Waals surface area contributed by atoms with Crippen molar-refractivity contribution in [3.8, 4) is 0 Å². The fourth-order valence-electron chi connectivity index (χ4n) is 2.48. The van der Waals surface area contributed by atoms with Crippen LogP contribution in [0.5, 0.6) is 0 Å². The number of aliphatic hydroxyl groups is 1. The highest BCUT2D eigenvalue weighted by molar-refractivity contribution is 5.18. The van der Waals surface area contributed by atoms with E-state index in [1.807, 2.05) is 0 Å². The van der Waals surface area contributed by atoms with E-state index >= 15 is 0 Å². The number of hydrogen-bond donors (Lipinski definition) is 1. The lowest BCUT2D eigenvalue weighted by atomic mass is 10.1. The Kier molecular flexibility index (Phi) is 5.55. The summed E-state index contributed by atoms with van der Waals surface area (Å²) in [5.74, 6) is 0.468. The third-order valence-corrected chi connectivity index (χ3v) is 4.00. The average Bonchev–Trinajstić information content (AvgIpc) is 3.23. The zero-order valence-corrected chi connectivity index (χ0v) is 12.6. The Bertz CT molecular complexity index is 400. The third kappa shape index (κ3) is 4.88. The van der Waals surface area contributed by atoms with Gasteiger partial charge >= 0.3 is 0 Å². The molecule has 3 heteroatoms. The molecule has 0 aromatic heterocycles. The Morgan fingerprint density at radius 2 is 1.75 bits per heavy atom. The number of benzene rings is 1. The highest BCUT2D eigenvalue weighted by atomic mass is 19.1. The quantitative estimate of drug-likeness (QED) is 0.783. The lowest BCUT2D eigenvalue weighted by Crippen LogP contribution is -2.30. The molecule has 1 saturated carbocycles. The van der Waals surface area contributed by atoms with Gasteiger partial charge in [0.2, 0.25) is 0 Å². The molecule has 0 spiro atoms. The minimum absolute atomic E-state index is 0.252. The number of hydrogen-bond acceptors (Lipinski definition) is 2. The van der Waals surface area contributed by atoms with Crippen LogP contribution in [0.3, 0.4) is 0 Å². The monoisotopic (exact) mass is 279 g/mol. The van der Waals surface area contributed by atoms with Gasteiger partial charge in [-0.15, -0.1) is 0 Å². The molecule has 1 aromatic rings. The van der Waals surface area contributed by atoms with Gasteiger partial charge in [0.25, 0.3) is 0 Å². The van der Waals surface area contributed by atoms with Crippen LogP contribution in [0.25, 0.3) is 0 Å². The molecule has 2 nitrogen and oxygen atoms in total. The topological polar surface area (TPSA) is 23.5 Å². The van der Waals surface area contributed by atoms with Crippen molar-refractivity contribution in [3.05, 3.63) is 35.6 Å². The molecule has 0 radical (unpaired) electrons. The molecule has 1 atom stereocenters. The fraction of sp³-hybridized carbons (Fsp3) is 0.647. The van der Waals surface area contributed by atoms with E-state index in [-0.39, 0.29) is 5.82 Å². The molecule has 1 N–H and O–H groups in total. The van der Waals surface area contributed by atoms with E-state index in [1.165, 1.54) is 31.4 Å². The Hall–Kier alpha value is -0.930. The van der Waals surface area contributed by atoms with E-state index in [0.29, 0.717) is 0 Å². The predicted molar refractivity (Wildman–Crippen MR) is 80.0 cm³/mol. The van der Waals surface area contributed by atoms with E-state index < -0.39 is 6.10 Å². The molecular weight excluding hydrogens is 253 g/mol. The summed E-state index contributed by atoms with van der Waals surface area (Å²) < 4.78 is 12.9. The molecule has 0 heterocycles. The second kappa shape index (κ2) is 7.19. The van der Waals surface area contributed by atoms with Gasteiger partial charge in [-0.25, -0.2) is 4.39 Å². The first-order valence-corrected chi connectivity index (χ1v) is 7.74. The van der Waals surface area contributed by atoms with Gasteiger partial charge in [-0.05, 0) is 55.8 Å². The molecule has 1 aliphatic carbocycles. The maximum Gasteiger partial charge on any atom is 0.123 e. The first-order valence-electron chi connectivity index (χ1n) is 7.74. The van der Waals surface area contributed by atoms with Gasteiger partial charge in [0.05, 0.1) is 6.10 Å². The summed E-state index contributed by atoms with van der Waals surface area (Å²) in [4.78, 5) is 2.51. The normalized spacial score (nSPS) is 16.9. The summed E-state index contributed by atoms with van der Waals surface area (Å²) in [6, 6.07) is 6.91. The molecule has 1 aromatic carbocycles. The maximum absolute atomic E-state index is 12.9. The SMILES string of the molecule is CC(C)CCN(CCC(O)c1ccc(F)cc1)C1CC1. The van der Waals surface area contributed by atoms with Gasteiger partial charge < -0.3 is 10.0 Å². The third-order valence-electron chi connectivity index (χ3n) is 4.00. The molecule has 0 amide bonds. The van der Waals surface area contributed by atoms with Crippen LogP contribution >= 0.6 is 0 Å². The summed E-state index contributed by atoms with van der Waals surface area (Å²) in [5, 5.41) is 10.2. The van der Waals surface area contributed by atoms with Crippen molar-refractivity contribution >= 4 is 0 Å². The van der Waals surface area contributed by atoms with Crippen LogP contribution in [0, 0.1) is 11.7 Å². The van der Waals surface area contributed by atoms with Gasteiger partial charge in [-0.2, -0.15) is 0 Å². The van der Waals surface area contributed by atoms with Gasteiger partial charge in [0.15, 0.2) is 0 Å². The molecule has 0 saturated heterocycles. The van der Waals surface area contributed by atoms with E-state index in [0.717, 1.165) is 37.0 Å². The molecule has 1 unspecified atom stereocenters. The summed E-state index contributed by atoms with van der Waals surface area (Å²) >= 11 is 0. The van der Waals surface area contributed by atoms with E-state index in [2.05, 4.69) is 18.7 Å². The first-order chi connectivity index (χ1) is 9.56. The van der Waals surface area contributed by atoms with Gasteiger partial charge in [0.1, 0.15) is 5.82 Å². The van der Waals surface area contributed by atoms with Crippen molar-refractivity contribution < 1.29 is 9.50 Å². The van der Waals surface area contributed by atoms with Crippen LogP contribution in [0.15, 0.2) is 24.3 Å². The second-order valence-corrected chi connectivity index (χ2v) is 6.31. The molecule has 20 heavy (non-hydrogen) atoms. The Labute approximate surface area is 121 Å². The van der Waals surface area contributed by atoms with Gasteiger partial charge in [0, 0.05) is 12.6 Å². The van der Waals surface area contributed by atoms with Crippen LogP contribution in [0.4, 0.5) is 4.39 Å². The molecule has 0 aliphatic heterocycles. The predicted octanol–water partition coefficient (Wildman–Crippen LogP) is 3.76. The zero-order valence-electron chi connectivity index (χ0n) is 12.6. The standard InChI is InChI=1S/C17H26FNO/c1-13(2)9-11-19(16-7-8-16)12-10-17(20)14-3-5-15(18)6-4-14/h3-6,13,16-17,20H,7-12H2,1-2H3. The minimum Gasteiger partial charge on any atom is -0.388 e. The summed E-state index contributed by atoms with van der Waals surface area (Å²) in [6.07, 6.45) is 4.04. The number of rotatable bonds is 8. The Balaban J connectivity index is 1.80. The number of nitrogens with zero attached hydrogens (tertiary/aromatic N) is 1. The molecule has 2 rings (SSSR count). The van der Waals surface area contributed by atoms with Crippen LogP contribution in [-0.4, -0.2) is 29.1 Å². The van der Waals surface area contributed by atoms with E-state index in [9.17, 15) is 9.50 Å². The fourth-order valence-corrected chi connectivity index (χ4v) is 2.48. The molecule has 112 valence electrons. The van der Waals surface area contributed by atoms with Crippen molar-refractivity contribution in [2.75, 3.05) is 13.1 Å². The average molecular weight is 279 g/mol. The highest BCUT2D eigenvalue weighted by Crippen LogP contribution is 2.28. The smallest absolute Gasteiger partial charge is 0.123 e. The van der Waals surface area contributed by atoms with Crippen molar-refractivity contribution in [1.82, 2.24) is 4.90 Å². The van der Waals surface area contributed by atoms with Crippen molar-refractivity contribution in [1.29, 1.82) is 0 Å². The second-order valence-electron chi connectivity index (χ2n) is 6.31. The summed E-state index contributed by atoms with van der Waals surface area (Å²) in [6.45, 7) is 6.55. The minimum atomic E-state index is -0.490. The molecule has 0 bridgehead atoms. The summed E-state index contributed by atoms with van der Waals surface area (Å²) in [5.41, 5.74) is 0.811. The number of halogens is 1. The van der Waals surface area contributed by atoms with Crippen molar-refractivity contribution in [2.24, 2.45) is 5.92 Å². The largest absolute Gasteiger partial charge is 0.388 e. The lowest BCUT2D eigenvalue weighted by Gasteiger charge is -2.24. The van der Waals surface area contributed by atoms with Crippen molar-refractivity contribution in [2.45, 2.75) is 51.7 Å². The highest BCUT2D eigenvalue weighted by Gasteiger charge is 2.28. The van der Waals surface area contributed by atoms with Crippen molar-refractivity contribution in [3.63, 3.8) is 0 Å². The Morgan fingerprint density at radius 3 is 2.30 bits per heavy atom. The van der Waals surface area contributed by atoms with Crippen LogP contribution in [0.2, 0.25) is 0 Å². The van der Waals surface area contributed by atoms with Crippen LogP contribution in [0.1, 0.15) is 51.2 Å². The molecule has 1 fully saturated rings. The molecule has 1 aliphatic rings. The molecular formula is C17H26FNO. The zero-order chi connectivity index (χ0) is 14.5. The van der Waals surface area contributed by atoms with Crippen LogP contribution in [-0.2, 0) is 0 Å². The Morgan fingerprint density at radius 1 is 1.15 bits per heavy atom. The lowest BCUT2D eigenvalue weighted by molar-refractivity contribution is 0.137. The summed E-state index contributed by atoms with van der Waals surface area (Å²) in [7, 11) is 0. The maximum atomic E-state index is 12.9.